The van der Waals surface area contributed by atoms with Crippen molar-refractivity contribution in [3.63, 3.8) is 0 Å². The Balaban J connectivity index is 3.88. The van der Waals surface area contributed by atoms with E-state index in [1.54, 1.807) is 0 Å². The summed E-state index contributed by atoms with van der Waals surface area (Å²) in [6.07, 6.45) is 38.3. The number of aliphatic hydroxyl groups excluding tert-OH is 1. The second kappa shape index (κ2) is 30.6. The van der Waals surface area contributed by atoms with E-state index in [9.17, 15) is 22.9 Å². The van der Waals surface area contributed by atoms with Gasteiger partial charge in [-0.2, -0.15) is 8.42 Å². The van der Waals surface area contributed by atoms with Crippen molar-refractivity contribution in [2.75, 3.05) is 5.75 Å². The Labute approximate surface area is 266 Å². The van der Waals surface area contributed by atoms with Gasteiger partial charge in [0.2, 0.25) is 5.91 Å². The van der Waals surface area contributed by atoms with E-state index in [1.165, 1.54) is 77.0 Å². The van der Waals surface area contributed by atoms with Crippen molar-refractivity contribution in [3.8, 4) is 0 Å². The molecule has 0 saturated heterocycles. The monoisotopic (exact) mass is 625 g/mol. The van der Waals surface area contributed by atoms with Crippen molar-refractivity contribution in [1.29, 1.82) is 0 Å². The van der Waals surface area contributed by atoms with Crippen LogP contribution >= 0.6 is 0 Å². The van der Waals surface area contributed by atoms with E-state index >= 15 is 0 Å². The molecule has 0 aromatic rings. The quantitative estimate of drug-likeness (QED) is 0.0404. The van der Waals surface area contributed by atoms with Gasteiger partial charge in [-0.05, 0) is 51.4 Å². The van der Waals surface area contributed by atoms with Crippen LogP contribution in [0.5, 0.6) is 0 Å². The lowest BCUT2D eigenvalue weighted by Gasteiger charge is -2.23. The van der Waals surface area contributed by atoms with Crippen LogP contribution in [-0.2, 0) is 14.9 Å². The molecule has 252 valence electrons. The summed E-state index contributed by atoms with van der Waals surface area (Å²) < 4.78 is 32.2. The second-order valence-electron chi connectivity index (χ2n) is 12.1. The Morgan fingerprint density at radius 1 is 0.628 bits per heavy atom. The molecule has 0 aromatic carbocycles. The minimum absolute atomic E-state index is 0.264. The van der Waals surface area contributed by atoms with Crippen molar-refractivity contribution in [2.24, 2.45) is 0 Å². The maximum atomic E-state index is 12.4. The summed E-state index contributed by atoms with van der Waals surface area (Å²) in [5.74, 6) is -0.919. The summed E-state index contributed by atoms with van der Waals surface area (Å²) in [6.45, 7) is 4.43. The standard InChI is InChI=1S/C36H67NO5S/c1-3-5-7-9-11-12-13-14-15-16-17-18-19-20-21-22-23-24-26-28-30-32-36(39)37-34(33-43(40,41)42)35(38)31-29-27-25-10-8-6-4-2/h13-14,16-17,19-20,34-35,38H,3-12,15,18,21-33H2,1-2H3,(H,37,39)(H,40,41,42)/b14-13-,17-16-,20-19-. The molecule has 0 fully saturated rings. The number of nitrogens with one attached hydrogen (secondary N) is 1. The zero-order valence-electron chi connectivity index (χ0n) is 27.8. The molecule has 0 aliphatic carbocycles. The maximum Gasteiger partial charge on any atom is 0.266 e. The van der Waals surface area contributed by atoms with Crippen molar-refractivity contribution < 1.29 is 22.9 Å². The molecular weight excluding hydrogens is 558 g/mol. The molecule has 0 spiro atoms. The predicted molar refractivity (Wildman–Crippen MR) is 184 cm³/mol. The lowest BCUT2D eigenvalue weighted by Crippen LogP contribution is -2.47. The van der Waals surface area contributed by atoms with E-state index in [4.69, 9.17) is 0 Å². The molecule has 1 amide bonds. The smallest absolute Gasteiger partial charge is 0.266 e. The highest BCUT2D eigenvalue weighted by molar-refractivity contribution is 7.85. The number of amides is 1. The average Bonchev–Trinajstić information content (AvgIpc) is 2.96. The predicted octanol–water partition coefficient (Wildman–Crippen LogP) is 9.79. The lowest BCUT2D eigenvalue weighted by atomic mass is 10.0. The van der Waals surface area contributed by atoms with Gasteiger partial charge in [0.25, 0.3) is 10.1 Å². The molecule has 0 heterocycles. The maximum absolute atomic E-state index is 12.4. The third kappa shape index (κ3) is 31.8. The van der Waals surface area contributed by atoms with E-state index in [-0.39, 0.29) is 5.91 Å². The Morgan fingerprint density at radius 2 is 1.05 bits per heavy atom. The van der Waals surface area contributed by atoms with Gasteiger partial charge in [0, 0.05) is 6.42 Å². The molecule has 43 heavy (non-hydrogen) atoms. The highest BCUT2D eigenvalue weighted by atomic mass is 32.2. The number of hydrogen-bond acceptors (Lipinski definition) is 4. The molecule has 6 nitrogen and oxygen atoms in total. The first-order chi connectivity index (χ1) is 20.8. The summed E-state index contributed by atoms with van der Waals surface area (Å²) in [6, 6.07) is -0.974. The van der Waals surface area contributed by atoms with Gasteiger partial charge >= 0.3 is 0 Å². The van der Waals surface area contributed by atoms with Crippen molar-refractivity contribution >= 4 is 16.0 Å². The average molecular weight is 626 g/mol. The lowest BCUT2D eigenvalue weighted by molar-refractivity contribution is -0.122. The minimum atomic E-state index is -4.30. The van der Waals surface area contributed by atoms with Crippen molar-refractivity contribution in [2.45, 2.75) is 180 Å². The van der Waals surface area contributed by atoms with Crippen LogP contribution in [0.25, 0.3) is 0 Å². The topological polar surface area (TPSA) is 104 Å². The van der Waals surface area contributed by atoms with E-state index < -0.39 is 28.0 Å². The first-order valence-electron chi connectivity index (χ1n) is 17.7. The summed E-state index contributed by atoms with van der Waals surface area (Å²) >= 11 is 0. The van der Waals surface area contributed by atoms with Crippen LogP contribution in [0.3, 0.4) is 0 Å². The fourth-order valence-corrected chi connectivity index (χ4v) is 5.92. The fraction of sp³-hybridized carbons (Fsp3) is 0.806. The number of unbranched alkanes of at least 4 members (excludes halogenated alkanes) is 17. The van der Waals surface area contributed by atoms with E-state index in [0.29, 0.717) is 12.8 Å². The molecule has 3 N–H and O–H groups in total. The van der Waals surface area contributed by atoms with Gasteiger partial charge in [-0.3, -0.25) is 9.35 Å². The molecule has 2 unspecified atom stereocenters. The molecule has 7 heteroatoms. The van der Waals surface area contributed by atoms with Gasteiger partial charge in [-0.1, -0.05) is 147 Å². The normalized spacial score (nSPS) is 13.9. The van der Waals surface area contributed by atoms with Gasteiger partial charge in [-0.15, -0.1) is 0 Å². The second-order valence-corrected chi connectivity index (χ2v) is 13.6. The fourth-order valence-electron chi connectivity index (χ4n) is 5.16. The third-order valence-corrected chi connectivity index (χ3v) is 8.63. The summed E-state index contributed by atoms with van der Waals surface area (Å²) in [4.78, 5) is 12.4. The first kappa shape index (κ1) is 41.6. The number of allylic oxidation sites excluding steroid dienone is 6. The number of hydrogen-bond donors (Lipinski definition) is 3. The van der Waals surface area contributed by atoms with Gasteiger partial charge in [0.05, 0.1) is 17.9 Å². The molecule has 0 aliphatic rings. The summed E-state index contributed by atoms with van der Waals surface area (Å²) in [7, 11) is -4.30. The van der Waals surface area contributed by atoms with Crippen LogP contribution in [0.4, 0.5) is 0 Å². The van der Waals surface area contributed by atoms with Crippen molar-refractivity contribution in [1.82, 2.24) is 5.32 Å². The SMILES string of the molecule is CCCCCCC/C=C\C/C=C\C/C=C\CCCCCCCCC(=O)NC(CS(=O)(=O)O)C(O)CCCCCCCCC. The molecule has 2 atom stereocenters. The third-order valence-electron chi connectivity index (χ3n) is 7.85. The van der Waals surface area contributed by atoms with Crippen LogP contribution in [-0.4, -0.2) is 41.9 Å². The number of carbonyl (C=O) groups excluding carboxylic acids is 1. The molecule has 0 aliphatic heterocycles. The Kier molecular flexibility index (Phi) is 29.6. The molecule has 0 saturated carbocycles. The zero-order valence-corrected chi connectivity index (χ0v) is 28.6. The number of aliphatic hydroxyl groups is 1. The largest absolute Gasteiger partial charge is 0.391 e. The van der Waals surface area contributed by atoms with Gasteiger partial charge in [0.15, 0.2) is 0 Å². The van der Waals surface area contributed by atoms with E-state index in [1.807, 2.05) is 0 Å². The van der Waals surface area contributed by atoms with Gasteiger partial charge in [-0.25, -0.2) is 0 Å². The Hall–Kier alpha value is -1.44. The van der Waals surface area contributed by atoms with Crippen molar-refractivity contribution in [3.05, 3.63) is 36.5 Å². The molecule has 0 bridgehead atoms. The Morgan fingerprint density at radius 3 is 1.53 bits per heavy atom. The van der Waals surface area contributed by atoms with E-state index in [2.05, 4.69) is 55.6 Å². The van der Waals surface area contributed by atoms with Gasteiger partial charge in [0.1, 0.15) is 0 Å². The summed E-state index contributed by atoms with van der Waals surface area (Å²) in [5.41, 5.74) is 0. The molecular formula is C36H67NO5S. The number of rotatable bonds is 31. The van der Waals surface area contributed by atoms with Crippen LogP contribution in [0.2, 0.25) is 0 Å². The highest BCUT2D eigenvalue weighted by Gasteiger charge is 2.26. The molecule has 0 radical (unpaired) electrons. The van der Waals surface area contributed by atoms with Crippen LogP contribution in [0.15, 0.2) is 36.5 Å². The Bertz CT molecular complexity index is 821. The van der Waals surface area contributed by atoms with Gasteiger partial charge < -0.3 is 10.4 Å². The zero-order chi connectivity index (χ0) is 31.9. The van der Waals surface area contributed by atoms with E-state index in [0.717, 1.165) is 64.2 Å². The number of carbonyl (C=O) groups is 1. The van der Waals surface area contributed by atoms with Crippen LogP contribution < -0.4 is 5.32 Å². The molecule has 0 aromatic heterocycles. The van der Waals surface area contributed by atoms with Crippen LogP contribution in [0, 0.1) is 0 Å². The summed E-state index contributed by atoms with van der Waals surface area (Å²) in [5, 5.41) is 13.2. The van der Waals surface area contributed by atoms with Crippen LogP contribution in [0.1, 0.15) is 168 Å². The molecule has 0 rings (SSSR count). The highest BCUT2D eigenvalue weighted by Crippen LogP contribution is 2.14. The first-order valence-corrected chi connectivity index (χ1v) is 19.3. The minimum Gasteiger partial charge on any atom is -0.391 e.